The minimum Gasteiger partial charge on any atom is -0.361 e. The number of likely N-dealkylation sites (N-methyl/N-ethyl adjacent to an activating group) is 1. The molecule has 0 aliphatic rings. The van der Waals surface area contributed by atoms with E-state index in [4.69, 9.17) is 4.28 Å². The largest absolute Gasteiger partial charge is 0.361 e. The summed E-state index contributed by atoms with van der Waals surface area (Å²) in [4.78, 5) is 5.42. The molecule has 0 atom stereocenters. The summed E-state index contributed by atoms with van der Waals surface area (Å²) < 4.78 is 29.1. The van der Waals surface area contributed by atoms with Crippen LogP contribution in [0.4, 0.5) is 0 Å². The van der Waals surface area contributed by atoms with E-state index in [0.29, 0.717) is 0 Å². The number of rotatable bonds is 6. The van der Waals surface area contributed by atoms with Crippen molar-refractivity contribution < 1.29 is 12.7 Å². The smallest absolute Gasteiger partial charge is 0.313 e. The van der Waals surface area contributed by atoms with Crippen molar-refractivity contribution in [1.29, 1.82) is 0 Å². The summed E-state index contributed by atoms with van der Waals surface area (Å²) in [7, 11) is 3.32. The van der Waals surface area contributed by atoms with E-state index < -0.39 is 10.1 Å². The molecule has 0 saturated carbocycles. The molecule has 21 heavy (non-hydrogen) atoms. The van der Waals surface area contributed by atoms with Crippen LogP contribution < -0.4 is 0 Å². The van der Waals surface area contributed by atoms with Crippen molar-refractivity contribution in [3.05, 3.63) is 30.0 Å². The van der Waals surface area contributed by atoms with Crippen LogP contribution in [0.1, 0.15) is 5.56 Å². The van der Waals surface area contributed by atoms with Gasteiger partial charge in [0.25, 0.3) is 0 Å². The number of nitrogens with one attached hydrogen (secondary N) is 1. The Kier molecular flexibility index (Phi) is 4.67. The molecule has 0 radical (unpaired) electrons. The molecule has 0 aliphatic carbocycles. The molecule has 1 N–H and O–H groups in total. The Bertz CT molecular complexity index is 720. The molecule has 1 aromatic carbocycles. The van der Waals surface area contributed by atoms with Gasteiger partial charge in [0.15, 0.2) is 0 Å². The summed E-state index contributed by atoms with van der Waals surface area (Å²) in [6, 6.07) is 4.98. The quantitative estimate of drug-likeness (QED) is 0.818. The first-order valence-corrected chi connectivity index (χ1v) is 8.07. The third-order valence-corrected chi connectivity index (χ3v) is 4.43. The zero-order valence-corrected chi connectivity index (χ0v) is 13.6. The zero-order valence-electron chi connectivity index (χ0n) is 12.8. The maximum atomic E-state index is 12.1. The highest BCUT2D eigenvalue weighted by Crippen LogP contribution is 2.24. The maximum Gasteiger partial charge on any atom is 0.313 e. The van der Waals surface area contributed by atoms with Gasteiger partial charge < -0.3 is 9.88 Å². The predicted molar refractivity (Wildman–Crippen MR) is 82.5 cm³/mol. The number of aromatic amines is 1. The van der Waals surface area contributed by atoms with Gasteiger partial charge in [-0.05, 0) is 44.3 Å². The number of aromatic nitrogens is 1. The molecule has 1 aromatic heterocycles. The van der Waals surface area contributed by atoms with E-state index in [0.717, 1.165) is 29.4 Å². The molecular weight excluding hydrogens is 290 g/mol. The molecule has 2 rings (SSSR count). The van der Waals surface area contributed by atoms with Crippen molar-refractivity contribution >= 4 is 21.0 Å². The van der Waals surface area contributed by atoms with Gasteiger partial charge in [-0.1, -0.05) is 0 Å². The normalized spacial score (nSPS) is 12.7. The molecule has 6 nitrogen and oxygen atoms in total. The van der Waals surface area contributed by atoms with Crippen LogP contribution in [0.2, 0.25) is 0 Å². The van der Waals surface area contributed by atoms with Crippen molar-refractivity contribution in [3.8, 4) is 0 Å². The van der Waals surface area contributed by atoms with E-state index in [1.807, 2.05) is 20.3 Å². The molecule has 0 amide bonds. The first kappa shape index (κ1) is 16.0. The Morgan fingerprint density at radius 3 is 2.52 bits per heavy atom. The molecule has 0 unspecified atom stereocenters. The van der Waals surface area contributed by atoms with Crippen molar-refractivity contribution in [2.24, 2.45) is 0 Å². The van der Waals surface area contributed by atoms with Crippen LogP contribution in [0.25, 0.3) is 10.9 Å². The number of benzene rings is 1. The maximum absolute atomic E-state index is 12.1. The van der Waals surface area contributed by atoms with Crippen molar-refractivity contribution in [2.75, 3.05) is 34.7 Å². The van der Waals surface area contributed by atoms with Crippen molar-refractivity contribution in [2.45, 2.75) is 11.3 Å². The second kappa shape index (κ2) is 6.15. The van der Waals surface area contributed by atoms with Crippen LogP contribution in [0.15, 0.2) is 29.3 Å². The van der Waals surface area contributed by atoms with Gasteiger partial charge in [0, 0.05) is 37.7 Å². The van der Waals surface area contributed by atoms with Gasteiger partial charge in [-0.2, -0.15) is 17.8 Å². The van der Waals surface area contributed by atoms with E-state index in [1.165, 1.54) is 19.2 Å². The minimum absolute atomic E-state index is 0.161. The Hall–Kier alpha value is -1.41. The highest BCUT2D eigenvalue weighted by atomic mass is 32.2. The molecule has 0 bridgehead atoms. The molecule has 0 fully saturated rings. The number of hydrogen-bond acceptors (Lipinski definition) is 5. The summed E-state index contributed by atoms with van der Waals surface area (Å²) in [5.41, 5.74) is 2.02. The standard InChI is InChI=1S/C14H21N3O3S/c1-16(2)8-7-11-10-15-14-6-5-12(9-13(11)14)21(18,19)20-17(3)4/h5-6,9-10,15H,7-8H2,1-4H3. The topological polar surface area (TPSA) is 65.6 Å². The SMILES string of the molecule is CN(C)CCc1c[nH]c2ccc(S(=O)(=O)ON(C)C)cc12. The van der Waals surface area contributed by atoms with Gasteiger partial charge in [0.05, 0.1) is 4.90 Å². The van der Waals surface area contributed by atoms with E-state index in [9.17, 15) is 8.42 Å². The lowest BCUT2D eigenvalue weighted by Crippen LogP contribution is -2.19. The Balaban J connectivity index is 2.38. The molecule has 2 aromatic rings. The van der Waals surface area contributed by atoms with Gasteiger partial charge in [-0.3, -0.25) is 0 Å². The van der Waals surface area contributed by atoms with Crippen molar-refractivity contribution in [3.63, 3.8) is 0 Å². The summed E-state index contributed by atoms with van der Waals surface area (Å²) in [6.07, 6.45) is 2.78. The molecule has 116 valence electrons. The molecular formula is C14H21N3O3S. The summed E-state index contributed by atoms with van der Waals surface area (Å²) in [5, 5.41) is 2.09. The first-order chi connectivity index (χ1) is 9.79. The second-order valence-corrected chi connectivity index (χ2v) is 6.94. The number of nitrogens with zero attached hydrogens (tertiary/aromatic N) is 2. The monoisotopic (exact) mass is 311 g/mol. The average molecular weight is 311 g/mol. The summed E-state index contributed by atoms with van der Waals surface area (Å²) in [6.45, 7) is 0.901. The predicted octanol–water partition coefficient (Wildman–Crippen LogP) is 1.45. The number of fused-ring (bicyclic) bond motifs is 1. The summed E-state index contributed by atoms with van der Waals surface area (Å²) >= 11 is 0. The van der Waals surface area contributed by atoms with E-state index in [-0.39, 0.29) is 4.90 Å². The zero-order chi connectivity index (χ0) is 15.6. The van der Waals surface area contributed by atoms with Crippen LogP contribution in [-0.4, -0.2) is 58.1 Å². The van der Waals surface area contributed by atoms with Crippen LogP contribution >= 0.6 is 0 Å². The summed E-state index contributed by atoms with van der Waals surface area (Å²) in [5.74, 6) is 0. The fourth-order valence-electron chi connectivity index (χ4n) is 2.10. The van der Waals surface area contributed by atoms with E-state index in [2.05, 4.69) is 9.88 Å². The number of hydroxylamine groups is 2. The molecule has 1 heterocycles. The van der Waals surface area contributed by atoms with Crippen molar-refractivity contribution in [1.82, 2.24) is 14.9 Å². The molecule has 7 heteroatoms. The molecule has 0 spiro atoms. The lowest BCUT2D eigenvalue weighted by atomic mass is 10.1. The highest BCUT2D eigenvalue weighted by molar-refractivity contribution is 7.86. The molecule has 0 aliphatic heterocycles. The third-order valence-electron chi connectivity index (χ3n) is 3.10. The number of hydrogen-bond donors (Lipinski definition) is 1. The average Bonchev–Trinajstić information content (AvgIpc) is 2.77. The lowest BCUT2D eigenvalue weighted by molar-refractivity contribution is 0.00515. The van der Waals surface area contributed by atoms with Gasteiger partial charge in [0.1, 0.15) is 0 Å². The van der Waals surface area contributed by atoms with Gasteiger partial charge in [-0.15, -0.1) is 0 Å². The van der Waals surface area contributed by atoms with Crippen LogP contribution in [0, 0.1) is 0 Å². The van der Waals surface area contributed by atoms with Crippen LogP contribution in [-0.2, 0) is 20.8 Å². The second-order valence-electron chi connectivity index (χ2n) is 5.42. The van der Waals surface area contributed by atoms with Gasteiger partial charge in [-0.25, -0.2) is 0 Å². The minimum atomic E-state index is -3.78. The fourth-order valence-corrected chi connectivity index (χ4v) is 3.08. The third kappa shape index (κ3) is 3.82. The Labute approximate surface area is 125 Å². The van der Waals surface area contributed by atoms with E-state index in [1.54, 1.807) is 18.2 Å². The number of H-pyrrole nitrogens is 1. The Morgan fingerprint density at radius 1 is 1.19 bits per heavy atom. The van der Waals surface area contributed by atoms with Crippen LogP contribution in [0.3, 0.4) is 0 Å². The highest BCUT2D eigenvalue weighted by Gasteiger charge is 2.18. The molecule has 0 saturated heterocycles. The fraction of sp³-hybridized carbons (Fsp3) is 0.429. The Morgan fingerprint density at radius 2 is 1.90 bits per heavy atom. The van der Waals surface area contributed by atoms with Crippen LogP contribution in [0.5, 0.6) is 0 Å². The first-order valence-electron chi connectivity index (χ1n) is 6.66. The van der Waals surface area contributed by atoms with Gasteiger partial charge in [0.2, 0.25) is 0 Å². The van der Waals surface area contributed by atoms with E-state index >= 15 is 0 Å². The lowest BCUT2D eigenvalue weighted by Gasteiger charge is -2.11. The van der Waals surface area contributed by atoms with Gasteiger partial charge >= 0.3 is 10.1 Å².